The van der Waals surface area contributed by atoms with Crippen molar-refractivity contribution in [1.29, 1.82) is 0 Å². The molecule has 0 N–H and O–H groups in total. The maximum atomic E-state index is 4.55. The van der Waals surface area contributed by atoms with Crippen molar-refractivity contribution in [3.05, 3.63) is 0 Å². The molecule has 0 saturated heterocycles. The fraction of sp³-hybridized carbons (Fsp3) is 0.778. The summed E-state index contributed by atoms with van der Waals surface area (Å²) < 4.78 is 1.98. The van der Waals surface area contributed by atoms with E-state index in [1.165, 1.54) is 5.84 Å². The highest BCUT2D eigenvalue weighted by atomic mass is 15.4. The van der Waals surface area contributed by atoms with Gasteiger partial charge in [-0.1, -0.05) is 13.8 Å². The summed E-state index contributed by atoms with van der Waals surface area (Å²) in [5.41, 5.74) is 0. The van der Waals surface area contributed by atoms with Gasteiger partial charge in [0.2, 0.25) is 12.8 Å². The quantitative estimate of drug-likeness (QED) is 0.534. The number of hydrogen-bond donors (Lipinski definition) is 0. The molecule has 12 heavy (non-hydrogen) atoms. The van der Waals surface area contributed by atoms with Crippen LogP contribution in [0.15, 0.2) is 4.99 Å². The molecule has 1 rings (SSSR count). The molecule has 0 spiro atoms. The third-order valence-corrected chi connectivity index (χ3v) is 2.15. The van der Waals surface area contributed by atoms with Crippen LogP contribution in [0.5, 0.6) is 0 Å². The van der Waals surface area contributed by atoms with Crippen LogP contribution >= 0.6 is 0 Å². The molecule has 1 unspecified atom stereocenters. The minimum absolute atomic E-state index is 0.221. The molecule has 0 bridgehead atoms. The summed E-state index contributed by atoms with van der Waals surface area (Å²) in [6, 6.07) is 0. The van der Waals surface area contributed by atoms with Crippen LogP contribution < -0.4 is 0 Å². The Morgan fingerprint density at radius 3 is 2.75 bits per heavy atom. The van der Waals surface area contributed by atoms with Crippen molar-refractivity contribution < 1.29 is 4.58 Å². The predicted molar refractivity (Wildman–Crippen MR) is 51.7 cm³/mol. The van der Waals surface area contributed by atoms with E-state index >= 15 is 0 Å². The molecule has 3 nitrogen and oxygen atoms in total. The summed E-state index contributed by atoms with van der Waals surface area (Å²) >= 11 is 0. The van der Waals surface area contributed by atoms with Crippen molar-refractivity contribution in [2.45, 2.75) is 26.9 Å². The van der Waals surface area contributed by atoms with E-state index in [0.717, 1.165) is 6.67 Å². The van der Waals surface area contributed by atoms with Crippen molar-refractivity contribution in [2.24, 2.45) is 10.9 Å². The minimum Gasteiger partial charge on any atom is -0.308 e. The number of hydrogen-bond acceptors (Lipinski definition) is 2. The Bertz CT molecular complexity index is 218. The lowest BCUT2D eigenvalue weighted by Gasteiger charge is -2.27. The van der Waals surface area contributed by atoms with Gasteiger partial charge in [-0.2, -0.15) is 0 Å². The van der Waals surface area contributed by atoms with Gasteiger partial charge in [0.1, 0.15) is 12.6 Å². The van der Waals surface area contributed by atoms with Gasteiger partial charge in [-0.15, -0.1) is 0 Å². The lowest BCUT2D eigenvalue weighted by molar-refractivity contribution is -0.572. The maximum absolute atomic E-state index is 4.55. The predicted octanol–water partition coefficient (Wildman–Crippen LogP) is 1.00. The first-order valence-corrected chi connectivity index (χ1v) is 4.38. The van der Waals surface area contributed by atoms with Gasteiger partial charge in [-0.25, -0.2) is 9.57 Å². The van der Waals surface area contributed by atoms with Crippen LogP contribution in [-0.2, 0) is 0 Å². The minimum atomic E-state index is 0.221. The largest absolute Gasteiger partial charge is 0.308 e. The van der Waals surface area contributed by atoms with Crippen LogP contribution in [0.1, 0.15) is 20.8 Å². The van der Waals surface area contributed by atoms with Gasteiger partial charge in [0.25, 0.3) is 0 Å². The Balaban J connectivity index is 2.85. The number of nitrogens with zero attached hydrogens (tertiary/aromatic N) is 3. The first kappa shape index (κ1) is 9.23. The Hall–Kier alpha value is -0.860. The van der Waals surface area contributed by atoms with Crippen molar-refractivity contribution in [2.75, 3.05) is 13.7 Å². The average Bonchev–Trinajstić information content (AvgIpc) is 1.96. The highest BCUT2D eigenvalue weighted by Gasteiger charge is 2.24. The van der Waals surface area contributed by atoms with Crippen LogP contribution in [0, 0.1) is 5.92 Å². The summed E-state index contributed by atoms with van der Waals surface area (Å²) in [6.45, 7) is 11.2. The number of aliphatic imine (C=N–C) groups is 1. The topological polar surface area (TPSA) is 18.6 Å². The van der Waals surface area contributed by atoms with Crippen molar-refractivity contribution in [3.8, 4) is 0 Å². The molecule has 0 radical (unpaired) electrons. The summed E-state index contributed by atoms with van der Waals surface area (Å²) in [6.07, 6.45) is 0.221. The van der Waals surface area contributed by atoms with Crippen molar-refractivity contribution >= 4 is 12.6 Å². The highest BCUT2D eigenvalue weighted by molar-refractivity contribution is 5.84. The Labute approximate surface area is 74.4 Å². The smallest absolute Gasteiger partial charge is 0.245 e. The Kier molecular flexibility index (Phi) is 2.50. The molecule has 0 amide bonds. The van der Waals surface area contributed by atoms with Crippen LogP contribution in [0.25, 0.3) is 0 Å². The molecule has 1 aliphatic rings. The molecule has 0 aromatic rings. The average molecular weight is 168 g/mol. The second-order valence-corrected chi connectivity index (χ2v) is 3.70. The molecule has 0 aromatic heterocycles. The second kappa shape index (κ2) is 3.25. The molecule has 1 aliphatic heterocycles. The molecule has 1 atom stereocenters. The zero-order chi connectivity index (χ0) is 9.30. The molecule has 3 heteroatoms. The van der Waals surface area contributed by atoms with Gasteiger partial charge in [0.15, 0.2) is 0 Å². The second-order valence-electron chi connectivity index (χ2n) is 3.70. The molecule has 68 valence electrons. The van der Waals surface area contributed by atoms with E-state index < -0.39 is 0 Å². The summed E-state index contributed by atoms with van der Waals surface area (Å²) in [5, 5.41) is 0. The van der Waals surface area contributed by atoms with Gasteiger partial charge in [0, 0.05) is 19.9 Å². The molecular weight excluding hydrogens is 150 g/mol. The first-order valence-electron chi connectivity index (χ1n) is 4.38. The van der Waals surface area contributed by atoms with Gasteiger partial charge in [-0.3, -0.25) is 0 Å². The monoisotopic (exact) mass is 168 g/mol. The fourth-order valence-electron chi connectivity index (χ4n) is 1.42. The van der Waals surface area contributed by atoms with Crippen molar-refractivity contribution in [3.63, 3.8) is 0 Å². The number of rotatable bonds is 1. The van der Waals surface area contributed by atoms with Crippen LogP contribution in [0.3, 0.4) is 0 Å². The van der Waals surface area contributed by atoms with E-state index in [0.29, 0.717) is 5.92 Å². The lowest BCUT2D eigenvalue weighted by atomic mass is 10.2. The van der Waals surface area contributed by atoms with E-state index in [1.807, 2.05) is 4.58 Å². The molecule has 1 heterocycles. The van der Waals surface area contributed by atoms with Gasteiger partial charge >= 0.3 is 0 Å². The highest BCUT2D eigenvalue weighted by Crippen LogP contribution is 2.09. The molecular formula is C9H18N3+. The molecule has 0 aliphatic carbocycles. The first-order chi connectivity index (χ1) is 5.52. The standard InChI is InChI=1S/C9H18N3/c1-7(2)9-10-8(3)11(4)6-12(9)5/h7-8H,4,6H2,1-3,5H3/q+1. The van der Waals surface area contributed by atoms with E-state index in [1.54, 1.807) is 0 Å². The van der Waals surface area contributed by atoms with E-state index in [-0.39, 0.29) is 6.17 Å². The van der Waals surface area contributed by atoms with Crippen LogP contribution in [0.4, 0.5) is 0 Å². The Morgan fingerprint density at radius 1 is 1.67 bits per heavy atom. The summed E-state index contributed by atoms with van der Waals surface area (Å²) in [5.74, 6) is 1.69. The van der Waals surface area contributed by atoms with Gasteiger partial charge < -0.3 is 4.90 Å². The summed E-state index contributed by atoms with van der Waals surface area (Å²) in [7, 11) is 2.06. The van der Waals surface area contributed by atoms with Crippen LogP contribution in [-0.4, -0.2) is 41.9 Å². The number of amidine groups is 1. The normalized spacial score (nSPS) is 24.8. The zero-order valence-corrected chi connectivity index (χ0v) is 8.41. The van der Waals surface area contributed by atoms with Gasteiger partial charge in [0.05, 0.1) is 0 Å². The van der Waals surface area contributed by atoms with E-state index in [9.17, 15) is 0 Å². The van der Waals surface area contributed by atoms with Crippen LogP contribution in [0.2, 0.25) is 0 Å². The fourth-order valence-corrected chi connectivity index (χ4v) is 1.42. The van der Waals surface area contributed by atoms with Crippen molar-refractivity contribution in [1.82, 2.24) is 4.90 Å². The zero-order valence-electron chi connectivity index (χ0n) is 8.41. The third-order valence-electron chi connectivity index (χ3n) is 2.15. The third kappa shape index (κ3) is 1.65. The lowest BCUT2D eigenvalue weighted by Crippen LogP contribution is -2.44. The maximum Gasteiger partial charge on any atom is 0.245 e. The SMILES string of the molecule is C=[N+]1CN(C)C(C(C)C)=NC1C. The van der Waals surface area contributed by atoms with E-state index in [2.05, 4.69) is 44.4 Å². The molecule has 0 fully saturated rings. The summed E-state index contributed by atoms with van der Waals surface area (Å²) in [4.78, 5) is 6.70. The molecule has 0 saturated carbocycles. The molecule has 0 aromatic carbocycles. The Morgan fingerprint density at radius 2 is 2.25 bits per heavy atom. The van der Waals surface area contributed by atoms with Gasteiger partial charge in [-0.05, 0) is 0 Å². The van der Waals surface area contributed by atoms with E-state index in [4.69, 9.17) is 0 Å².